The first kappa shape index (κ1) is 41.9. The number of thioether (sulfide) groups is 1. The lowest BCUT2D eigenvalue weighted by Crippen LogP contribution is -2.69. The van der Waals surface area contributed by atoms with E-state index in [0.717, 1.165) is 32.5 Å². The van der Waals surface area contributed by atoms with Crippen molar-refractivity contribution in [3.8, 4) is 5.75 Å². The number of amides is 2. The SMILES string of the molecule is CCS[C@@H]1[C@@H]2Cc3c(Br)ccc(OC)c3[C@H](COCc3ccccc3)N2C(=O)[C@H](CC=CO[Si](C(C)C)(C(C)C)C(C)C)N1C(=O)OCc1ccccc1. The molecule has 8 nitrogen and oxygen atoms in total. The Morgan fingerprint density at radius 2 is 1.52 bits per heavy atom. The zero-order chi connectivity index (χ0) is 39.0. The van der Waals surface area contributed by atoms with E-state index in [0.29, 0.717) is 35.4 Å². The summed E-state index contributed by atoms with van der Waals surface area (Å²) >= 11 is 5.50. The summed E-state index contributed by atoms with van der Waals surface area (Å²) < 4.78 is 26.1. The number of halogens is 1. The van der Waals surface area contributed by atoms with Crippen molar-refractivity contribution < 1.29 is 28.2 Å². The highest BCUT2D eigenvalue weighted by Gasteiger charge is 2.54. The Morgan fingerprint density at radius 1 is 0.907 bits per heavy atom. The van der Waals surface area contributed by atoms with Crippen LogP contribution in [0.15, 0.2) is 89.6 Å². The summed E-state index contributed by atoms with van der Waals surface area (Å²) in [5, 5.41) is -0.381. The maximum atomic E-state index is 15.2. The summed E-state index contributed by atoms with van der Waals surface area (Å²) in [6.45, 7) is 16.4. The van der Waals surface area contributed by atoms with E-state index in [1.54, 1.807) is 23.8 Å². The molecule has 4 atom stereocenters. The molecule has 0 aliphatic carbocycles. The molecule has 1 fully saturated rings. The number of benzene rings is 3. The molecule has 292 valence electrons. The first-order chi connectivity index (χ1) is 26.0. The first-order valence-electron chi connectivity index (χ1n) is 19.2. The van der Waals surface area contributed by atoms with Gasteiger partial charge in [0.1, 0.15) is 23.8 Å². The van der Waals surface area contributed by atoms with Gasteiger partial charge in [0.05, 0.1) is 38.7 Å². The second kappa shape index (κ2) is 19.1. The number of hydrogen-bond donors (Lipinski definition) is 0. The molecular formula is C43H57BrN2O6SSi. The molecule has 1 saturated heterocycles. The zero-order valence-corrected chi connectivity index (χ0v) is 36.4. The standard InChI is InChI=1S/C43H57BrN2O6SSi/c1-9-53-42-37-25-34-35(44)22-23-39(49-8)40(34)38(28-50-26-32-17-12-10-13-18-32)45(37)41(47)36(46(42)43(48)51-27-33-19-14-11-15-20-33)21-16-24-52-54(29(2)3,30(4)5)31(6)7/h10-20,22-24,29-31,36-38,42H,9,21,25-28H2,1-8H3/t36-,37-,38-,42+/m0/s1. The average Bonchev–Trinajstić information content (AvgIpc) is 3.15. The highest BCUT2D eigenvalue weighted by Crippen LogP contribution is 2.48. The van der Waals surface area contributed by atoms with Crippen molar-refractivity contribution in [1.82, 2.24) is 9.80 Å². The first-order valence-corrected chi connectivity index (χ1v) is 23.2. The third-order valence-electron chi connectivity index (χ3n) is 11.0. The highest BCUT2D eigenvalue weighted by atomic mass is 79.9. The van der Waals surface area contributed by atoms with Crippen LogP contribution in [0, 0.1) is 0 Å². The Balaban J connectivity index is 1.56. The van der Waals surface area contributed by atoms with Gasteiger partial charge in [0, 0.05) is 10.0 Å². The van der Waals surface area contributed by atoms with Gasteiger partial charge < -0.3 is 23.5 Å². The molecule has 3 aromatic carbocycles. The zero-order valence-electron chi connectivity index (χ0n) is 33.0. The van der Waals surface area contributed by atoms with Crippen molar-refractivity contribution in [2.24, 2.45) is 0 Å². The minimum Gasteiger partial charge on any atom is -0.548 e. The lowest BCUT2D eigenvalue weighted by molar-refractivity contribution is -0.153. The van der Waals surface area contributed by atoms with Crippen molar-refractivity contribution in [2.45, 2.75) is 115 Å². The van der Waals surface area contributed by atoms with Crippen LogP contribution in [0.3, 0.4) is 0 Å². The van der Waals surface area contributed by atoms with E-state index >= 15 is 4.79 Å². The lowest BCUT2D eigenvalue weighted by atomic mass is 9.84. The Hall–Kier alpha value is -3.25. The minimum absolute atomic E-state index is 0.112. The van der Waals surface area contributed by atoms with Crippen molar-refractivity contribution in [2.75, 3.05) is 19.5 Å². The molecule has 0 aromatic heterocycles. The summed E-state index contributed by atoms with van der Waals surface area (Å²) in [5.41, 5.74) is 5.12. The third-order valence-corrected chi connectivity index (χ3v) is 18.9. The lowest BCUT2D eigenvalue weighted by Gasteiger charge is -2.55. The molecule has 54 heavy (non-hydrogen) atoms. The number of rotatable bonds is 16. The van der Waals surface area contributed by atoms with E-state index in [1.807, 2.05) is 90.0 Å². The van der Waals surface area contributed by atoms with Crippen molar-refractivity contribution in [1.29, 1.82) is 0 Å². The van der Waals surface area contributed by atoms with Crippen LogP contribution in [0.2, 0.25) is 16.6 Å². The van der Waals surface area contributed by atoms with Crippen LogP contribution in [0.25, 0.3) is 0 Å². The molecule has 0 N–H and O–H groups in total. The second-order valence-electron chi connectivity index (χ2n) is 15.0. The van der Waals surface area contributed by atoms with Gasteiger partial charge in [-0.05, 0) is 70.1 Å². The number of nitrogens with zero attached hydrogens (tertiary/aromatic N) is 2. The van der Waals surface area contributed by atoms with E-state index in [1.165, 1.54) is 0 Å². The Morgan fingerprint density at radius 3 is 2.09 bits per heavy atom. The van der Waals surface area contributed by atoms with Gasteiger partial charge in [0.15, 0.2) is 0 Å². The van der Waals surface area contributed by atoms with Crippen LogP contribution in [0.1, 0.15) is 83.2 Å². The number of carbonyl (C=O) groups excluding carboxylic acids is 2. The molecule has 0 unspecified atom stereocenters. The smallest absolute Gasteiger partial charge is 0.411 e. The number of carbonyl (C=O) groups is 2. The molecule has 0 bridgehead atoms. The molecule has 2 aliphatic heterocycles. The number of fused-ring (bicyclic) bond motifs is 2. The van der Waals surface area contributed by atoms with Crippen LogP contribution >= 0.6 is 27.7 Å². The topological polar surface area (TPSA) is 77.5 Å². The second-order valence-corrected chi connectivity index (χ2v) is 22.7. The number of piperazine rings is 1. The number of methoxy groups -OCH3 is 1. The Labute approximate surface area is 336 Å². The van der Waals surface area contributed by atoms with Crippen molar-refractivity contribution >= 4 is 48.0 Å². The monoisotopic (exact) mass is 836 g/mol. The average molecular weight is 838 g/mol. The quantitative estimate of drug-likeness (QED) is 0.105. The molecule has 2 amide bonds. The van der Waals surface area contributed by atoms with Crippen LogP contribution in [0.4, 0.5) is 4.79 Å². The molecule has 2 aliphatic rings. The van der Waals surface area contributed by atoms with E-state index < -0.39 is 26.5 Å². The predicted octanol–water partition coefficient (Wildman–Crippen LogP) is 10.7. The van der Waals surface area contributed by atoms with E-state index in [-0.39, 0.29) is 37.0 Å². The van der Waals surface area contributed by atoms with Crippen molar-refractivity contribution in [3.63, 3.8) is 0 Å². The maximum absolute atomic E-state index is 15.2. The van der Waals surface area contributed by atoms with E-state index in [9.17, 15) is 4.79 Å². The van der Waals surface area contributed by atoms with E-state index in [4.69, 9.17) is 18.6 Å². The van der Waals surface area contributed by atoms with Crippen LogP contribution < -0.4 is 4.74 Å². The highest BCUT2D eigenvalue weighted by molar-refractivity contribution is 9.10. The molecule has 2 heterocycles. The predicted molar refractivity (Wildman–Crippen MR) is 224 cm³/mol. The Bertz CT molecular complexity index is 1700. The molecule has 0 radical (unpaired) electrons. The fourth-order valence-electron chi connectivity index (χ4n) is 8.64. The van der Waals surface area contributed by atoms with Gasteiger partial charge in [0.25, 0.3) is 8.32 Å². The third kappa shape index (κ3) is 8.90. The largest absolute Gasteiger partial charge is 0.548 e. The molecule has 3 aromatic rings. The number of ether oxygens (including phenoxy) is 3. The molecule has 0 saturated carbocycles. The summed E-state index contributed by atoms with van der Waals surface area (Å²) in [6, 6.07) is 22.0. The summed E-state index contributed by atoms with van der Waals surface area (Å²) in [6.07, 6.45) is 4.07. The minimum atomic E-state index is -2.21. The van der Waals surface area contributed by atoms with Gasteiger partial charge in [-0.15, -0.1) is 11.8 Å². The fourth-order valence-corrected chi connectivity index (χ4v) is 15.5. The Kier molecular flexibility index (Phi) is 14.8. The normalized spacial score (nSPS) is 20.1. The van der Waals surface area contributed by atoms with Gasteiger partial charge in [-0.3, -0.25) is 9.69 Å². The van der Waals surface area contributed by atoms with Gasteiger partial charge in [-0.1, -0.05) is 125 Å². The van der Waals surface area contributed by atoms with Crippen LogP contribution in [0.5, 0.6) is 5.75 Å². The molecule has 11 heteroatoms. The van der Waals surface area contributed by atoms with Gasteiger partial charge in [-0.2, -0.15) is 0 Å². The van der Waals surface area contributed by atoms with Crippen LogP contribution in [-0.2, 0) is 38.3 Å². The van der Waals surface area contributed by atoms with Crippen molar-refractivity contribution in [3.05, 3.63) is 112 Å². The van der Waals surface area contributed by atoms with Crippen LogP contribution in [-0.4, -0.2) is 67.0 Å². The molecular weight excluding hydrogens is 781 g/mol. The van der Waals surface area contributed by atoms with Gasteiger partial charge in [-0.25, -0.2) is 4.79 Å². The summed E-state index contributed by atoms with van der Waals surface area (Å²) in [7, 11) is -0.546. The summed E-state index contributed by atoms with van der Waals surface area (Å²) in [5.74, 6) is 1.30. The molecule has 5 rings (SSSR count). The maximum Gasteiger partial charge on any atom is 0.411 e. The van der Waals surface area contributed by atoms with Gasteiger partial charge >= 0.3 is 6.09 Å². The molecule has 0 spiro atoms. The summed E-state index contributed by atoms with van der Waals surface area (Å²) in [4.78, 5) is 33.3. The van der Waals surface area contributed by atoms with Gasteiger partial charge in [0.2, 0.25) is 5.91 Å². The van der Waals surface area contributed by atoms with E-state index in [2.05, 4.69) is 64.4 Å². The number of hydrogen-bond acceptors (Lipinski definition) is 7. The fraction of sp³-hybridized carbons (Fsp3) is 0.488.